The second kappa shape index (κ2) is 62.2. The Kier molecular flexibility index (Phi) is 60.8. The maximum Gasteiger partial charge on any atom is 0.472 e. The van der Waals surface area contributed by atoms with Crippen molar-refractivity contribution in [3.05, 3.63) is 0 Å². The average Bonchev–Trinajstić information content (AvgIpc) is 3.64. The molecule has 0 fully saturated rings. The molecule has 0 aromatic rings. The molecule has 0 amide bonds. The third-order valence-electron chi connectivity index (χ3n) is 16.6. The minimum Gasteiger partial charge on any atom is -0.462 e. The highest BCUT2D eigenvalue weighted by Crippen LogP contribution is 2.45. The largest absolute Gasteiger partial charge is 0.472 e. The normalized spacial score (nSPS) is 14.4. The van der Waals surface area contributed by atoms with E-state index in [2.05, 4.69) is 41.5 Å². The molecule has 6 atom stereocenters. The number of esters is 4. The Morgan fingerprint density at radius 1 is 0.326 bits per heavy atom. The fourth-order valence-corrected chi connectivity index (χ4v) is 12.1. The van der Waals surface area contributed by atoms with Gasteiger partial charge in [0.2, 0.25) is 0 Å². The lowest BCUT2D eigenvalue weighted by Gasteiger charge is -2.21. The standard InChI is InChI=1S/C70H136O17P2/c1-7-10-12-14-16-17-22-30-36-42-48-54-69(74)86-65(58-80-67(72)52-46-40-32-15-13-11-8-2)60-84-88(76,77)82-56-64(71)57-83-89(78,79)85-61-66(59-81-68(73)53-47-41-35-29-26-25-28-34-39-45-51-63(6)9-3)87-70(75)55-49-43-37-31-24-21-19-18-20-23-27-33-38-44-50-62(4)5/h62-66,71H,7-61H2,1-6H3,(H,76,77)(H,78,79)/t63?,64-,65+,66+/m0/s1. The van der Waals surface area contributed by atoms with Crippen LogP contribution in [-0.4, -0.2) is 96.7 Å². The van der Waals surface area contributed by atoms with Crippen molar-refractivity contribution in [1.29, 1.82) is 0 Å². The third-order valence-corrected chi connectivity index (χ3v) is 18.5. The van der Waals surface area contributed by atoms with Crippen molar-refractivity contribution in [2.24, 2.45) is 11.8 Å². The van der Waals surface area contributed by atoms with Gasteiger partial charge in [-0.2, -0.15) is 0 Å². The molecule has 0 aromatic heterocycles. The molecule has 3 N–H and O–H groups in total. The van der Waals surface area contributed by atoms with E-state index in [0.717, 1.165) is 115 Å². The molecule has 0 aromatic carbocycles. The summed E-state index contributed by atoms with van der Waals surface area (Å²) < 4.78 is 68.2. The van der Waals surface area contributed by atoms with E-state index in [9.17, 15) is 43.2 Å². The molecular weight excluding hydrogens is 1170 g/mol. The van der Waals surface area contributed by atoms with Gasteiger partial charge in [-0.1, -0.05) is 305 Å². The van der Waals surface area contributed by atoms with Crippen molar-refractivity contribution in [2.45, 2.75) is 374 Å². The molecule has 0 aliphatic heterocycles. The number of aliphatic hydroxyl groups excluding tert-OH is 1. The second-order valence-electron chi connectivity index (χ2n) is 26.0. The van der Waals surface area contributed by atoms with E-state index in [1.165, 1.54) is 161 Å². The van der Waals surface area contributed by atoms with Gasteiger partial charge in [-0.25, -0.2) is 9.13 Å². The predicted molar refractivity (Wildman–Crippen MR) is 358 cm³/mol. The first kappa shape index (κ1) is 87.1. The van der Waals surface area contributed by atoms with E-state index < -0.39 is 97.5 Å². The number of hydrogen-bond donors (Lipinski definition) is 3. The van der Waals surface area contributed by atoms with Crippen LogP contribution < -0.4 is 0 Å². The van der Waals surface area contributed by atoms with Crippen molar-refractivity contribution in [2.75, 3.05) is 39.6 Å². The van der Waals surface area contributed by atoms with E-state index in [-0.39, 0.29) is 25.7 Å². The Morgan fingerprint density at radius 2 is 0.573 bits per heavy atom. The lowest BCUT2D eigenvalue weighted by molar-refractivity contribution is -0.161. The molecule has 528 valence electrons. The molecule has 0 rings (SSSR count). The average molecular weight is 1310 g/mol. The van der Waals surface area contributed by atoms with Crippen LogP contribution in [0.4, 0.5) is 0 Å². The van der Waals surface area contributed by atoms with Crippen LogP contribution in [0.25, 0.3) is 0 Å². The Morgan fingerprint density at radius 3 is 0.854 bits per heavy atom. The van der Waals surface area contributed by atoms with Crippen molar-refractivity contribution in [3.8, 4) is 0 Å². The molecule has 0 bridgehead atoms. The van der Waals surface area contributed by atoms with Gasteiger partial charge >= 0.3 is 39.5 Å². The summed E-state index contributed by atoms with van der Waals surface area (Å²) in [5, 5.41) is 10.6. The molecule has 17 nitrogen and oxygen atoms in total. The topological polar surface area (TPSA) is 237 Å². The summed E-state index contributed by atoms with van der Waals surface area (Å²) in [5.74, 6) is -0.523. The summed E-state index contributed by atoms with van der Waals surface area (Å²) >= 11 is 0. The highest BCUT2D eigenvalue weighted by Gasteiger charge is 2.30. The predicted octanol–water partition coefficient (Wildman–Crippen LogP) is 20.0. The van der Waals surface area contributed by atoms with Gasteiger partial charge in [0, 0.05) is 25.7 Å². The van der Waals surface area contributed by atoms with Gasteiger partial charge in [0.1, 0.15) is 19.3 Å². The first-order valence-electron chi connectivity index (χ1n) is 36.5. The quantitative estimate of drug-likeness (QED) is 0.0222. The number of rotatable bonds is 69. The van der Waals surface area contributed by atoms with Crippen molar-refractivity contribution >= 4 is 39.5 Å². The van der Waals surface area contributed by atoms with Crippen LogP contribution in [0.15, 0.2) is 0 Å². The van der Waals surface area contributed by atoms with Crippen LogP contribution in [0.1, 0.15) is 356 Å². The molecule has 89 heavy (non-hydrogen) atoms. The van der Waals surface area contributed by atoms with Gasteiger partial charge in [0.25, 0.3) is 0 Å². The van der Waals surface area contributed by atoms with Crippen LogP contribution >= 0.6 is 15.6 Å². The zero-order valence-electron chi connectivity index (χ0n) is 57.7. The molecular formula is C70H136O17P2. The summed E-state index contributed by atoms with van der Waals surface area (Å²) in [6, 6.07) is 0. The maximum absolute atomic E-state index is 13.0. The summed E-state index contributed by atoms with van der Waals surface area (Å²) in [6.45, 7) is 9.56. The molecule has 0 saturated heterocycles. The fraction of sp³-hybridized carbons (Fsp3) is 0.943. The molecule has 0 spiro atoms. The number of phosphoric acid groups is 2. The number of unbranched alkanes of at least 4 members (excludes halogenated alkanes) is 38. The monoisotopic (exact) mass is 1310 g/mol. The van der Waals surface area contributed by atoms with E-state index in [1.54, 1.807) is 0 Å². The molecule has 0 heterocycles. The molecule has 0 saturated carbocycles. The Balaban J connectivity index is 5.21. The van der Waals surface area contributed by atoms with Crippen LogP contribution in [0.2, 0.25) is 0 Å². The Bertz CT molecular complexity index is 1740. The number of ether oxygens (including phenoxy) is 4. The Labute approximate surface area is 543 Å². The molecule has 0 radical (unpaired) electrons. The van der Waals surface area contributed by atoms with Crippen LogP contribution in [0, 0.1) is 11.8 Å². The van der Waals surface area contributed by atoms with Crippen LogP contribution in [-0.2, 0) is 65.4 Å². The summed E-state index contributed by atoms with van der Waals surface area (Å²) in [6.07, 6.45) is 47.2. The Hall–Kier alpha value is -1.94. The van der Waals surface area contributed by atoms with Gasteiger partial charge in [-0.05, 0) is 37.5 Å². The van der Waals surface area contributed by atoms with Crippen molar-refractivity contribution in [3.63, 3.8) is 0 Å². The zero-order valence-corrected chi connectivity index (χ0v) is 59.5. The molecule has 0 aliphatic rings. The van der Waals surface area contributed by atoms with Gasteiger partial charge in [-0.3, -0.25) is 37.3 Å². The molecule has 19 heteroatoms. The number of carbonyl (C=O) groups excluding carboxylic acids is 4. The third kappa shape index (κ3) is 63.2. The summed E-state index contributed by atoms with van der Waals surface area (Å²) in [7, 11) is -9.89. The highest BCUT2D eigenvalue weighted by atomic mass is 31.2. The van der Waals surface area contributed by atoms with Crippen molar-refractivity contribution in [1.82, 2.24) is 0 Å². The van der Waals surface area contributed by atoms with Gasteiger partial charge in [0.05, 0.1) is 26.4 Å². The van der Waals surface area contributed by atoms with Crippen LogP contribution in [0.5, 0.6) is 0 Å². The zero-order chi connectivity index (χ0) is 65.7. The first-order chi connectivity index (χ1) is 42.9. The highest BCUT2D eigenvalue weighted by molar-refractivity contribution is 7.47. The van der Waals surface area contributed by atoms with Gasteiger partial charge in [0.15, 0.2) is 12.2 Å². The lowest BCUT2D eigenvalue weighted by atomic mass is 9.99. The van der Waals surface area contributed by atoms with E-state index in [4.69, 9.17) is 37.0 Å². The second-order valence-corrected chi connectivity index (χ2v) is 28.9. The lowest BCUT2D eigenvalue weighted by Crippen LogP contribution is -2.30. The SMILES string of the molecule is CCCCCCCCCCCCCC(=O)O[C@H](COC(=O)CCCCCCCCC)COP(=O)(O)OC[C@H](O)COP(=O)(O)OC[C@@H](COC(=O)CCCCCCCCCCCCC(C)CC)OC(=O)CCCCCCCCCCCCCCCCC(C)C. The fourth-order valence-electron chi connectivity index (χ4n) is 10.6. The molecule has 3 unspecified atom stereocenters. The number of phosphoric ester groups is 2. The number of aliphatic hydroxyl groups is 1. The number of carbonyl (C=O) groups is 4. The minimum absolute atomic E-state index is 0.106. The number of hydrogen-bond acceptors (Lipinski definition) is 15. The van der Waals surface area contributed by atoms with Gasteiger partial charge < -0.3 is 33.8 Å². The maximum atomic E-state index is 13.0. The van der Waals surface area contributed by atoms with E-state index >= 15 is 0 Å². The minimum atomic E-state index is -4.95. The van der Waals surface area contributed by atoms with Crippen LogP contribution in [0.3, 0.4) is 0 Å². The smallest absolute Gasteiger partial charge is 0.462 e. The summed E-state index contributed by atoms with van der Waals surface area (Å²) in [4.78, 5) is 72.4. The van der Waals surface area contributed by atoms with E-state index in [1.807, 2.05) is 0 Å². The van der Waals surface area contributed by atoms with Crippen molar-refractivity contribution < 1.29 is 80.2 Å². The molecule has 0 aliphatic carbocycles. The van der Waals surface area contributed by atoms with E-state index in [0.29, 0.717) is 25.7 Å². The first-order valence-corrected chi connectivity index (χ1v) is 39.5. The van der Waals surface area contributed by atoms with Gasteiger partial charge in [-0.15, -0.1) is 0 Å². The summed E-state index contributed by atoms with van der Waals surface area (Å²) in [5.41, 5.74) is 0.